The first-order chi connectivity index (χ1) is 6.14. The lowest BCUT2D eigenvalue weighted by Gasteiger charge is -2.22. The Morgan fingerprint density at radius 1 is 1.31 bits per heavy atom. The van der Waals surface area contributed by atoms with E-state index in [2.05, 4.69) is 30.7 Å². The standard InChI is InChI=1S/C10H16N2O/c1-4-10(2,3)13-8-9-11-6-5-7-12-9/h5-7H,4,8H2,1-3H3. The van der Waals surface area contributed by atoms with Crippen LogP contribution in [0.25, 0.3) is 0 Å². The van der Waals surface area contributed by atoms with Crippen molar-refractivity contribution in [2.45, 2.75) is 39.4 Å². The number of hydrogen-bond acceptors (Lipinski definition) is 3. The van der Waals surface area contributed by atoms with Crippen molar-refractivity contribution in [3.05, 3.63) is 24.3 Å². The van der Waals surface area contributed by atoms with Crippen LogP contribution in [0.5, 0.6) is 0 Å². The van der Waals surface area contributed by atoms with Crippen LogP contribution in [0.2, 0.25) is 0 Å². The fourth-order valence-electron chi connectivity index (χ4n) is 0.766. The molecular weight excluding hydrogens is 164 g/mol. The minimum Gasteiger partial charge on any atom is -0.368 e. The topological polar surface area (TPSA) is 35.0 Å². The van der Waals surface area contributed by atoms with Gasteiger partial charge in [0.2, 0.25) is 0 Å². The molecule has 0 saturated carbocycles. The number of rotatable bonds is 4. The fourth-order valence-corrected chi connectivity index (χ4v) is 0.766. The van der Waals surface area contributed by atoms with Gasteiger partial charge in [-0.05, 0) is 26.3 Å². The zero-order valence-corrected chi connectivity index (χ0v) is 8.45. The summed E-state index contributed by atoms with van der Waals surface area (Å²) in [6.07, 6.45) is 4.44. The highest BCUT2D eigenvalue weighted by Gasteiger charge is 2.15. The summed E-state index contributed by atoms with van der Waals surface area (Å²) >= 11 is 0. The third kappa shape index (κ3) is 3.51. The van der Waals surface area contributed by atoms with Crippen molar-refractivity contribution in [2.24, 2.45) is 0 Å². The van der Waals surface area contributed by atoms with E-state index in [0.717, 1.165) is 12.2 Å². The van der Waals surface area contributed by atoms with Crippen LogP contribution < -0.4 is 0 Å². The first-order valence-corrected chi connectivity index (χ1v) is 4.54. The molecule has 1 aromatic heterocycles. The maximum absolute atomic E-state index is 5.64. The van der Waals surface area contributed by atoms with Crippen molar-refractivity contribution in [3.63, 3.8) is 0 Å². The Morgan fingerprint density at radius 2 is 1.92 bits per heavy atom. The van der Waals surface area contributed by atoms with Crippen LogP contribution in [0.4, 0.5) is 0 Å². The average molecular weight is 180 g/mol. The van der Waals surface area contributed by atoms with E-state index in [4.69, 9.17) is 4.74 Å². The van der Waals surface area contributed by atoms with E-state index in [1.165, 1.54) is 0 Å². The Kier molecular flexibility index (Phi) is 3.37. The summed E-state index contributed by atoms with van der Waals surface area (Å²) in [4.78, 5) is 8.16. The van der Waals surface area contributed by atoms with Crippen LogP contribution in [0.15, 0.2) is 18.5 Å². The Labute approximate surface area is 79.2 Å². The molecule has 0 bridgehead atoms. The van der Waals surface area contributed by atoms with Gasteiger partial charge in [-0.1, -0.05) is 6.92 Å². The van der Waals surface area contributed by atoms with E-state index in [-0.39, 0.29) is 5.60 Å². The van der Waals surface area contributed by atoms with Gasteiger partial charge in [0.1, 0.15) is 6.61 Å². The van der Waals surface area contributed by atoms with Crippen molar-refractivity contribution >= 4 is 0 Å². The van der Waals surface area contributed by atoms with Gasteiger partial charge in [-0.3, -0.25) is 0 Å². The Bertz CT molecular complexity index is 246. The zero-order chi connectivity index (χ0) is 9.73. The molecule has 1 rings (SSSR count). The number of nitrogens with zero attached hydrogens (tertiary/aromatic N) is 2. The first kappa shape index (κ1) is 10.1. The Morgan fingerprint density at radius 3 is 2.46 bits per heavy atom. The molecule has 0 aliphatic carbocycles. The van der Waals surface area contributed by atoms with Gasteiger partial charge in [0.25, 0.3) is 0 Å². The maximum atomic E-state index is 5.64. The molecule has 0 amide bonds. The van der Waals surface area contributed by atoms with Gasteiger partial charge in [-0.15, -0.1) is 0 Å². The summed E-state index contributed by atoms with van der Waals surface area (Å²) in [5, 5.41) is 0. The smallest absolute Gasteiger partial charge is 0.153 e. The van der Waals surface area contributed by atoms with Gasteiger partial charge in [0.05, 0.1) is 5.60 Å². The van der Waals surface area contributed by atoms with Gasteiger partial charge in [-0.2, -0.15) is 0 Å². The second-order valence-electron chi connectivity index (χ2n) is 3.57. The molecule has 0 radical (unpaired) electrons. The molecule has 3 heteroatoms. The molecule has 72 valence electrons. The predicted molar refractivity (Wildman–Crippen MR) is 51.2 cm³/mol. The molecule has 0 spiro atoms. The van der Waals surface area contributed by atoms with Crippen LogP contribution >= 0.6 is 0 Å². The minimum atomic E-state index is -0.0841. The molecule has 0 aliphatic rings. The van der Waals surface area contributed by atoms with E-state index in [0.29, 0.717) is 6.61 Å². The van der Waals surface area contributed by atoms with Crippen molar-refractivity contribution in [1.82, 2.24) is 9.97 Å². The molecule has 0 unspecified atom stereocenters. The summed E-state index contributed by atoms with van der Waals surface area (Å²) < 4.78 is 5.64. The van der Waals surface area contributed by atoms with E-state index in [1.807, 2.05) is 0 Å². The van der Waals surface area contributed by atoms with Crippen molar-refractivity contribution in [3.8, 4) is 0 Å². The normalized spacial score (nSPS) is 11.6. The summed E-state index contributed by atoms with van der Waals surface area (Å²) in [6.45, 7) is 6.72. The van der Waals surface area contributed by atoms with Gasteiger partial charge < -0.3 is 4.74 Å². The molecule has 0 saturated heterocycles. The van der Waals surface area contributed by atoms with Crippen LogP contribution in [-0.2, 0) is 11.3 Å². The number of ether oxygens (including phenoxy) is 1. The van der Waals surface area contributed by atoms with Crippen molar-refractivity contribution in [2.75, 3.05) is 0 Å². The Balaban J connectivity index is 2.44. The lowest BCUT2D eigenvalue weighted by atomic mass is 10.1. The second kappa shape index (κ2) is 4.33. The van der Waals surface area contributed by atoms with Gasteiger partial charge >= 0.3 is 0 Å². The van der Waals surface area contributed by atoms with Crippen LogP contribution in [0.3, 0.4) is 0 Å². The molecule has 0 fully saturated rings. The molecule has 1 heterocycles. The minimum absolute atomic E-state index is 0.0841. The molecule has 0 aliphatic heterocycles. The highest BCUT2D eigenvalue weighted by molar-refractivity contribution is 4.86. The van der Waals surface area contributed by atoms with Crippen LogP contribution in [0.1, 0.15) is 33.0 Å². The third-order valence-electron chi connectivity index (χ3n) is 2.06. The molecule has 13 heavy (non-hydrogen) atoms. The molecule has 0 aromatic carbocycles. The van der Waals surface area contributed by atoms with E-state index < -0.39 is 0 Å². The molecule has 0 N–H and O–H groups in total. The van der Waals surface area contributed by atoms with Crippen molar-refractivity contribution in [1.29, 1.82) is 0 Å². The summed E-state index contributed by atoms with van der Waals surface area (Å²) in [7, 11) is 0. The zero-order valence-electron chi connectivity index (χ0n) is 8.45. The largest absolute Gasteiger partial charge is 0.368 e. The highest BCUT2D eigenvalue weighted by Crippen LogP contribution is 2.14. The number of hydrogen-bond donors (Lipinski definition) is 0. The monoisotopic (exact) mass is 180 g/mol. The number of aromatic nitrogens is 2. The van der Waals surface area contributed by atoms with Crippen LogP contribution in [-0.4, -0.2) is 15.6 Å². The average Bonchev–Trinajstić information content (AvgIpc) is 2.17. The van der Waals surface area contributed by atoms with E-state index in [1.54, 1.807) is 18.5 Å². The summed E-state index contributed by atoms with van der Waals surface area (Å²) in [5.41, 5.74) is -0.0841. The molecular formula is C10H16N2O. The van der Waals surface area contributed by atoms with E-state index >= 15 is 0 Å². The Hall–Kier alpha value is -0.960. The lowest BCUT2D eigenvalue weighted by molar-refractivity contribution is -0.0345. The molecule has 0 atom stereocenters. The third-order valence-corrected chi connectivity index (χ3v) is 2.06. The lowest BCUT2D eigenvalue weighted by Crippen LogP contribution is -2.23. The quantitative estimate of drug-likeness (QED) is 0.712. The molecule has 3 nitrogen and oxygen atoms in total. The first-order valence-electron chi connectivity index (χ1n) is 4.54. The van der Waals surface area contributed by atoms with Crippen molar-refractivity contribution < 1.29 is 4.74 Å². The predicted octanol–water partition coefficient (Wildman–Crippen LogP) is 2.18. The summed E-state index contributed by atoms with van der Waals surface area (Å²) in [5.74, 6) is 0.740. The van der Waals surface area contributed by atoms with Crippen LogP contribution in [0, 0.1) is 0 Å². The van der Waals surface area contributed by atoms with Gasteiger partial charge in [-0.25, -0.2) is 9.97 Å². The summed E-state index contributed by atoms with van der Waals surface area (Å²) in [6, 6.07) is 1.80. The maximum Gasteiger partial charge on any atom is 0.153 e. The van der Waals surface area contributed by atoms with Gasteiger partial charge in [0, 0.05) is 12.4 Å². The second-order valence-corrected chi connectivity index (χ2v) is 3.57. The highest BCUT2D eigenvalue weighted by atomic mass is 16.5. The molecule has 1 aromatic rings. The van der Waals surface area contributed by atoms with Gasteiger partial charge in [0.15, 0.2) is 5.82 Å². The fraction of sp³-hybridized carbons (Fsp3) is 0.600. The van der Waals surface area contributed by atoms with E-state index in [9.17, 15) is 0 Å². The SMILES string of the molecule is CCC(C)(C)OCc1ncccn1.